The van der Waals surface area contributed by atoms with Crippen molar-refractivity contribution in [3.05, 3.63) is 41.5 Å². The molecule has 0 spiro atoms. The molecule has 5 aliphatic rings. The predicted octanol–water partition coefficient (Wildman–Crippen LogP) is 6.51. The summed E-state index contributed by atoms with van der Waals surface area (Å²) < 4.78 is 90.5. The van der Waals surface area contributed by atoms with Crippen molar-refractivity contribution >= 4 is 27.5 Å². The SMILES string of the molecule is C#Cc1c(F)ccc2cc(O)cc(-c3nc(OC)c4c(N5CCOC6CC65)nc(OC[C@]56CCC[C@H]5N(CC5CC(O)(C(F)(F)F)C5)CCC6)nc4c3F)c12. The number of hydrogen-bond acceptors (Lipinski definition) is 10. The number of pyridine rings is 1. The highest BCUT2D eigenvalue weighted by atomic mass is 19.4. The van der Waals surface area contributed by atoms with Gasteiger partial charge in [-0.3, -0.25) is 4.90 Å². The number of fused-ring (bicyclic) bond motifs is 4. The highest BCUT2D eigenvalue weighted by Gasteiger charge is 2.61. The second-order valence-corrected chi connectivity index (χ2v) is 15.9. The number of terminal acetylenes is 1. The first kappa shape index (κ1) is 36.1. The average Bonchev–Trinajstić information content (AvgIpc) is 3.82. The third-order valence-corrected chi connectivity index (χ3v) is 12.6. The molecule has 3 aliphatic carbocycles. The summed E-state index contributed by atoms with van der Waals surface area (Å²) in [6.45, 7) is 2.32. The Kier molecular flexibility index (Phi) is 8.56. The van der Waals surface area contributed by atoms with Gasteiger partial charge in [0.25, 0.3) is 0 Å². The van der Waals surface area contributed by atoms with Crippen LogP contribution >= 0.6 is 0 Å². The molecule has 4 heterocycles. The number of anilines is 1. The van der Waals surface area contributed by atoms with E-state index in [-0.39, 0.29) is 99.7 Å². The molecule has 15 heteroatoms. The third-order valence-electron chi connectivity index (χ3n) is 12.6. The maximum atomic E-state index is 17.2. The quantitative estimate of drug-likeness (QED) is 0.152. The molecule has 2 aromatic carbocycles. The average molecular weight is 766 g/mol. The molecule has 0 radical (unpaired) electrons. The first-order valence-electron chi connectivity index (χ1n) is 18.7. The molecule has 2 unspecified atom stereocenters. The fourth-order valence-corrected chi connectivity index (χ4v) is 9.88. The lowest BCUT2D eigenvalue weighted by Crippen LogP contribution is -2.59. The number of morpholine rings is 1. The molecule has 2 aromatic heterocycles. The number of alkyl halides is 3. The summed E-state index contributed by atoms with van der Waals surface area (Å²) in [5.41, 5.74) is -3.41. The number of likely N-dealkylation sites (tertiary alicyclic amines) is 1. The molecule has 55 heavy (non-hydrogen) atoms. The zero-order valence-corrected chi connectivity index (χ0v) is 30.1. The van der Waals surface area contributed by atoms with Crippen LogP contribution in [0.4, 0.5) is 27.8 Å². The highest BCUT2D eigenvalue weighted by molar-refractivity contribution is 6.04. The van der Waals surface area contributed by atoms with E-state index in [9.17, 15) is 23.4 Å². The Balaban J connectivity index is 1.10. The van der Waals surface area contributed by atoms with Crippen molar-refractivity contribution in [3.63, 3.8) is 0 Å². The number of aromatic nitrogens is 3. The molecular formula is C40H40F5N5O5. The van der Waals surface area contributed by atoms with Gasteiger partial charge in [0.2, 0.25) is 5.88 Å². The fourth-order valence-electron chi connectivity index (χ4n) is 9.88. The summed E-state index contributed by atoms with van der Waals surface area (Å²) >= 11 is 0. The van der Waals surface area contributed by atoms with E-state index in [0.717, 1.165) is 45.1 Å². The van der Waals surface area contributed by atoms with Crippen LogP contribution in [-0.2, 0) is 4.74 Å². The summed E-state index contributed by atoms with van der Waals surface area (Å²) in [6, 6.07) is 5.30. The van der Waals surface area contributed by atoms with Gasteiger partial charge in [0.15, 0.2) is 11.4 Å². The minimum absolute atomic E-state index is 0.00362. The summed E-state index contributed by atoms with van der Waals surface area (Å²) in [4.78, 5) is 18.4. The minimum Gasteiger partial charge on any atom is -0.508 e. The van der Waals surface area contributed by atoms with E-state index in [1.165, 1.54) is 31.4 Å². The van der Waals surface area contributed by atoms with Gasteiger partial charge in [0, 0.05) is 35.5 Å². The van der Waals surface area contributed by atoms with Crippen molar-refractivity contribution in [2.45, 2.75) is 81.3 Å². The van der Waals surface area contributed by atoms with Gasteiger partial charge in [-0.2, -0.15) is 23.1 Å². The molecular weight excluding hydrogens is 725 g/mol. The monoisotopic (exact) mass is 765 g/mol. The second-order valence-electron chi connectivity index (χ2n) is 15.9. The number of phenolic OH excluding ortho intramolecular Hbond substituents is 1. The van der Waals surface area contributed by atoms with Gasteiger partial charge < -0.3 is 29.3 Å². The first-order valence-corrected chi connectivity index (χ1v) is 18.7. The Morgan fingerprint density at radius 2 is 1.87 bits per heavy atom. The van der Waals surface area contributed by atoms with Crippen LogP contribution in [0.1, 0.15) is 56.9 Å². The Hall–Kier alpha value is -4.52. The molecule has 10 nitrogen and oxygen atoms in total. The first-order chi connectivity index (χ1) is 26.3. The van der Waals surface area contributed by atoms with Gasteiger partial charge in [0.05, 0.1) is 38.0 Å². The molecule has 2 aliphatic heterocycles. The van der Waals surface area contributed by atoms with E-state index in [0.29, 0.717) is 30.9 Å². The number of ether oxygens (including phenoxy) is 3. The molecule has 0 bridgehead atoms. The van der Waals surface area contributed by atoms with Crippen LogP contribution in [0.15, 0.2) is 24.3 Å². The normalized spacial score (nSPS) is 29.1. The second kappa shape index (κ2) is 13.0. The van der Waals surface area contributed by atoms with Gasteiger partial charge >= 0.3 is 12.2 Å². The maximum absolute atomic E-state index is 17.2. The van der Waals surface area contributed by atoms with Gasteiger partial charge in [0.1, 0.15) is 34.0 Å². The Morgan fingerprint density at radius 3 is 2.64 bits per heavy atom. The van der Waals surface area contributed by atoms with Crippen LogP contribution in [-0.4, -0.2) is 100.0 Å². The fraction of sp³-hybridized carbons (Fsp3) is 0.525. The summed E-state index contributed by atoms with van der Waals surface area (Å²) in [5, 5.41) is 21.5. The summed E-state index contributed by atoms with van der Waals surface area (Å²) in [5.74, 6) is 0.709. The van der Waals surface area contributed by atoms with Gasteiger partial charge in [-0.05, 0) is 81.0 Å². The van der Waals surface area contributed by atoms with Crippen LogP contribution < -0.4 is 14.4 Å². The largest absolute Gasteiger partial charge is 0.508 e. The number of rotatable bonds is 8. The van der Waals surface area contributed by atoms with Crippen LogP contribution in [0.25, 0.3) is 32.9 Å². The van der Waals surface area contributed by atoms with E-state index in [2.05, 4.69) is 20.8 Å². The van der Waals surface area contributed by atoms with E-state index < -0.39 is 23.4 Å². The maximum Gasteiger partial charge on any atom is 0.417 e. The zero-order valence-electron chi connectivity index (χ0n) is 30.1. The number of aromatic hydroxyl groups is 1. The van der Waals surface area contributed by atoms with Gasteiger partial charge in [-0.1, -0.05) is 18.4 Å². The number of benzene rings is 2. The van der Waals surface area contributed by atoms with E-state index in [1.54, 1.807) is 0 Å². The summed E-state index contributed by atoms with van der Waals surface area (Å²) in [6.07, 6.45) is 5.53. The van der Waals surface area contributed by atoms with Crippen molar-refractivity contribution in [3.8, 4) is 41.2 Å². The molecule has 2 saturated heterocycles. The van der Waals surface area contributed by atoms with Gasteiger partial charge in [-0.25, -0.2) is 13.8 Å². The third kappa shape index (κ3) is 5.90. The Bertz CT molecular complexity index is 2240. The highest BCUT2D eigenvalue weighted by Crippen LogP contribution is 2.52. The minimum atomic E-state index is -4.64. The predicted molar refractivity (Wildman–Crippen MR) is 192 cm³/mol. The molecule has 4 aromatic rings. The molecule has 2 N–H and O–H groups in total. The van der Waals surface area contributed by atoms with Crippen LogP contribution in [0.3, 0.4) is 0 Å². The molecule has 0 amide bonds. The standard InChI is InChI=1S/C40H40F5N5O5/c1-3-24-26(41)8-7-22-14-23(51)15-25(30(22)24)33-32(42)34-31(36(46-33)53-2)35(50-12-13-54-28-16-27(28)50)48-37(47-34)55-20-38-9-4-6-29(38)49(11-5-10-38)19-21-17-39(52,18-21)40(43,44)45/h1,7-8,14-15,21,27-29,51-52H,4-6,9-13,16-20H2,2H3/t21?,27?,28?,29-,38-,39?/m1/s1. The molecule has 3 saturated carbocycles. The number of aliphatic hydroxyl groups is 1. The van der Waals surface area contributed by atoms with Crippen molar-refractivity contribution in [2.24, 2.45) is 11.3 Å². The number of methoxy groups -OCH3 is 1. The van der Waals surface area contributed by atoms with Crippen LogP contribution in [0.5, 0.6) is 17.6 Å². The molecule has 9 rings (SSSR count). The van der Waals surface area contributed by atoms with Gasteiger partial charge in [-0.15, -0.1) is 6.42 Å². The van der Waals surface area contributed by atoms with Crippen LogP contribution in [0, 0.1) is 35.3 Å². The number of hydrogen-bond donors (Lipinski definition) is 2. The van der Waals surface area contributed by atoms with Crippen molar-refractivity contribution in [1.82, 2.24) is 19.9 Å². The van der Waals surface area contributed by atoms with Crippen molar-refractivity contribution in [1.29, 1.82) is 0 Å². The summed E-state index contributed by atoms with van der Waals surface area (Å²) in [7, 11) is 1.39. The smallest absolute Gasteiger partial charge is 0.417 e. The number of piperidine rings is 1. The zero-order chi connectivity index (χ0) is 38.4. The topological polar surface area (TPSA) is 113 Å². The molecule has 5 fully saturated rings. The van der Waals surface area contributed by atoms with Crippen molar-refractivity contribution in [2.75, 3.05) is 44.9 Å². The van der Waals surface area contributed by atoms with E-state index in [1.807, 2.05) is 4.90 Å². The van der Waals surface area contributed by atoms with E-state index >= 15 is 8.78 Å². The van der Waals surface area contributed by atoms with E-state index in [4.69, 9.17) is 25.6 Å². The molecule has 4 atom stereocenters. The Morgan fingerprint density at radius 1 is 1.07 bits per heavy atom. The molecule has 290 valence electrons. The number of nitrogens with zero attached hydrogens (tertiary/aromatic N) is 5. The lowest BCUT2D eigenvalue weighted by molar-refractivity contribution is -0.300. The number of halogens is 5. The lowest BCUT2D eigenvalue weighted by atomic mass is 9.69. The lowest BCUT2D eigenvalue weighted by Gasteiger charge is -2.51. The van der Waals surface area contributed by atoms with Crippen LogP contribution in [0.2, 0.25) is 0 Å². The van der Waals surface area contributed by atoms with Crippen molar-refractivity contribution < 1.29 is 46.4 Å². The Labute approximate surface area is 313 Å². The number of phenols is 1.